The molecule has 2 heteroatoms. The third-order valence-electron chi connectivity index (χ3n) is 3.54. The van der Waals surface area contributed by atoms with E-state index in [2.05, 4.69) is 0 Å². The lowest BCUT2D eigenvalue weighted by Crippen LogP contribution is -1.91. The van der Waals surface area contributed by atoms with Crippen LogP contribution in [0.1, 0.15) is 11.1 Å². The lowest BCUT2D eigenvalue weighted by Gasteiger charge is -2.12. The summed E-state index contributed by atoms with van der Waals surface area (Å²) in [5.74, 6) is 0.237. The molecule has 0 atom stereocenters. The van der Waals surface area contributed by atoms with Crippen LogP contribution in [-0.4, -0.2) is 10.2 Å². The van der Waals surface area contributed by atoms with Crippen molar-refractivity contribution in [2.24, 2.45) is 0 Å². The van der Waals surface area contributed by atoms with Gasteiger partial charge in [0, 0.05) is 6.42 Å². The summed E-state index contributed by atoms with van der Waals surface area (Å²) in [5, 5.41) is 20.6. The minimum Gasteiger partial charge on any atom is -0.507 e. The van der Waals surface area contributed by atoms with Crippen LogP contribution in [0.3, 0.4) is 0 Å². The predicted molar refractivity (Wildman–Crippen MR) is 84.5 cm³/mol. The van der Waals surface area contributed by atoms with E-state index in [0.29, 0.717) is 12.0 Å². The first kappa shape index (κ1) is 13.3. The van der Waals surface area contributed by atoms with Gasteiger partial charge in [-0.15, -0.1) is 0 Å². The van der Waals surface area contributed by atoms with Crippen LogP contribution in [-0.2, 0) is 6.42 Å². The van der Waals surface area contributed by atoms with E-state index in [1.165, 1.54) is 0 Å². The zero-order valence-corrected chi connectivity index (χ0v) is 11.5. The number of aromatic hydroxyl groups is 2. The summed E-state index contributed by atoms with van der Waals surface area (Å²) >= 11 is 0. The summed E-state index contributed by atoms with van der Waals surface area (Å²) in [6.45, 7) is 0. The van der Waals surface area contributed by atoms with Crippen LogP contribution in [0.15, 0.2) is 72.8 Å². The van der Waals surface area contributed by atoms with Gasteiger partial charge in [-0.3, -0.25) is 0 Å². The van der Waals surface area contributed by atoms with Crippen molar-refractivity contribution in [3.8, 4) is 22.6 Å². The molecule has 0 bridgehead atoms. The summed E-state index contributed by atoms with van der Waals surface area (Å²) in [6.07, 6.45) is 0.632. The zero-order valence-electron chi connectivity index (χ0n) is 11.5. The summed E-state index contributed by atoms with van der Waals surface area (Å²) in [4.78, 5) is 0. The maximum atomic E-state index is 10.5. The Morgan fingerprint density at radius 2 is 1.29 bits per heavy atom. The molecule has 0 unspecified atom stereocenters. The van der Waals surface area contributed by atoms with E-state index >= 15 is 0 Å². The monoisotopic (exact) mass is 276 g/mol. The Bertz CT molecular complexity index is 734. The first-order chi connectivity index (χ1) is 10.3. The molecule has 104 valence electrons. The van der Waals surface area contributed by atoms with Crippen LogP contribution in [0.2, 0.25) is 0 Å². The molecule has 0 radical (unpaired) electrons. The lowest BCUT2D eigenvalue weighted by molar-refractivity contribution is 0.450. The van der Waals surface area contributed by atoms with E-state index in [1.54, 1.807) is 12.1 Å². The maximum absolute atomic E-state index is 10.5. The van der Waals surface area contributed by atoms with Crippen molar-refractivity contribution in [3.05, 3.63) is 83.9 Å². The van der Waals surface area contributed by atoms with Crippen molar-refractivity contribution in [2.45, 2.75) is 6.42 Å². The standard InChI is InChI=1S/C19H16O2/c20-17-12-11-16(13-14-7-3-1-4-8-14)19(21)18(17)15-9-5-2-6-10-15/h1-12,20-21H,13H2. The fourth-order valence-corrected chi connectivity index (χ4v) is 2.47. The Labute approximate surface area is 123 Å². The average molecular weight is 276 g/mol. The van der Waals surface area contributed by atoms with E-state index in [4.69, 9.17) is 0 Å². The molecule has 3 aromatic rings. The molecule has 0 heterocycles. The molecule has 21 heavy (non-hydrogen) atoms. The molecule has 2 N–H and O–H groups in total. The predicted octanol–water partition coefficient (Wildman–Crippen LogP) is 4.36. The Hall–Kier alpha value is -2.74. The van der Waals surface area contributed by atoms with Crippen LogP contribution >= 0.6 is 0 Å². The molecule has 0 aromatic heterocycles. The number of benzene rings is 3. The van der Waals surface area contributed by atoms with Gasteiger partial charge in [-0.1, -0.05) is 66.7 Å². The molecule has 2 nitrogen and oxygen atoms in total. The highest BCUT2D eigenvalue weighted by Gasteiger charge is 2.14. The van der Waals surface area contributed by atoms with Gasteiger partial charge < -0.3 is 10.2 Å². The Morgan fingerprint density at radius 1 is 0.667 bits per heavy atom. The van der Waals surface area contributed by atoms with Gasteiger partial charge in [0.2, 0.25) is 0 Å². The van der Waals surface area contributed by atoms with Gasteiger partial charge in [0.1, 0.15) is 11.5 Å². The Kier molecular flexibility index (Phi) is 3.61. The van der Waals surface area contributed by atoms with E-state index < -0.39 is 0 Å². The van der Waals surface area contributed by atoms with Crippen molar-refractivity contribution in [1.82, 2.24) is 0 Å². The largest absolute Gasteiger partial charge is 0.507 e. The first-order valence-electron chi connectivity index (χ1n) is 6.89. The fraction of sp³-hybridized carbons (Fsp3) is 0.0526. The molecule has 0 aliphatic rings. The minimum atomic E-state index is 0.0931. The number of phenolic OH excluding ortho intramolecular Hbond substituents is 2. The van der Waals surface area contributed by atoms with Crippen molar-refractivity contribution >= 4 is 0 Å². The van der Waals surface area contributed by atoms with Gasteiger partial charge in [-0.05, 0) is 22.8 Å². The van der Waals surface area contributed by atoms with Crippen LogP contribution < -0.4 is 0 Å². The molecule has 0 fully saturated rings. The number of hydrogen-bond acceptors (Lipinski definition) is 2. The SMILES string of the molecule is Oc1ccc(Cc2ccccc2)c(O)c1-c1ccccc1. The normalized spacial score (nSPS) is 10.5. The van der Waals surface area contributed by atoms with Gasteiger partial charge in [0.15, 0.2) is 0 Å². The highest BCUT2D eigenvalue weighted by atomic mass is 16.3. The van der Waals surface area contributed by atoms with E-state index in [9.17, 15) is 10.2 Å². The topological polar surface area (TPSA) is 40.5 Å². The van der Waals surface area contributed by atoms with E-state index in [-0.39, 0.29) is 11.5 Å². The van der Waals surface area contributed by atoms with Crippen molar-refractivity contribution < 1.29 is 10.2 Å². The van der Waals surface area contributed by atoms with Crippen LogP contribution in [0.4, 0.5) is 0 Å². The maximum Gasteiger partial charge on any atom is 0.130 e. The molecule has 0 aliphatic carbocycles. The highest BCUT2D eigenvalue weighted by Crippen LogP contribution is 2.40. The Balaban J connectivity index is 2.05. The second-order valence-corrected chi connectivity index (χ2v) is 5.00. The van der Waals surface area contributed by atoms with Crippen LogP contribution in [0.5, 0.6) is 11.5 Å². The molecule has 0 spiro atoms. The number of phenols is 2. The number of hydrogen-bond donors (Lipinski definition) is 2. The molecular formula is C19H16O2. The van der Waals surface area contributed by atoms with Gasteiger partial charge in [0.25, 0.3) is 0 Å². The third kappa shape index (κ3) is 2.75. The van der Waals surface area contributed by atoms with E-state index in [1.807, 2.05) is 60.7 Å². The molecule has 0 saturated carbocycles. The third-order valence-corrected chi connectivity index (χ3v) is 3.54. The molecule has 3 rings (SSSR count). The fourth-order valence-electron chi connectivity index (χ4n) is 2.47. The quantitative estimate of drug-likeness (QED) is 0.746. The van der Waals surface area contributed by atoms with Crippen molar-refractivity contribution in [3.63, 3.8) is 0 Å². The smallest absolute Gasteiger partial charge is 0.130 e. The molecular weight excluding hydrogens is 260 g/mol. The molecule has 0 amide bonds. The van der Waals surface area contributed by atoms with E-state index in [0.717, 1.165) is 16.7 Å². The van der Waals surface area contributed by atoms with Gasteiger partial charge >= 0.3 is 0 Å². The second-order valence-electron chi connectivity index (χ2n) is 5.00. The van der Waals surface area contributed by atoms with Gasteiger partial charge in [-0.25, -0.2) is 0 Å². The summed E-state index contributed by atoms with van der Waals surface area (Å²) < 4.78 is 0. The molecule has 0 saturated heterocycles. The van der Waals surface area contributed by atoms with Crippen molar-refractivity contribution in [2.75, 3.05) is 0 Å². The second kappa shape index (κ2) is 5.71. The zero-order chi connectivity index (χ0) is 14.7. The summed E-state index contributed by atoms with van der Waals surface area (Å²) in [6, 6.07) is 22.8. The highest BCUT2D eigenvalue weighted by molar-refractivity contribution is 5.77. The Morgan fingerprint density at radius 3 is 1.95 bits per heavy atom. The number of rotatable bonds is 3. The molecule has 3 aromatic carbocycles. The van der Waals surface area contributed by atoms with Gasteiger partial charge in [-0.2, -0.15) is 0 Å². The average Bonchev–Trinajstić information content (AvgIpc) is 2.52. The first-order valence-corrected chi connectivity index (χ1v) is 6.89. The summed E-state index contributed by atoms with van der Waals surface area (Å²) in [5.41, 5.74) is 3.22. The minimum absolute atomic E-state index is 0.0931. The summed E-state index contributed by atoms with van der Waals surface area (Å²) in [7, 11) is 0. The van der Waals surface area contributed by atoms with Crippen LogP contribution in [0, 0.1) is 0 Å². The lowest BCUT2D eigenvalue weighted by atomic mass is 9.96. The molecule has 0 aliphatic heterocycles. The van der Waals surface area contributed by atoms with Crippen molar-refractivity contribution in [1.29, 1.82) is 0 Å². The van der Waals surface area contributed by atoms with Gasteiger partial charge in [0.05, 0.1) is 5.56 Å². The van der Waals surface area contributed by atoms with Crippen LogP contribution in [0.25, 0.3) is 11.1 Å².